The number of aryl methyl sites for hydroxylation is 1. The number of nitrogens with two attached hydrogens (primary N) is 1. The van der Waals surface area contributed by atoms with Gasteiger partial charge in [0.25, 0.3) is 0 Å². The summed E-state index contributed by atoms with van der Waals surface area (Å²) in [7, 11) is -3.66. The topological polar surface area (TPSA) is 92.5 Å². The maximum absolute atomic E-state index is 12.4. The third-order valence-corrected chi connectivity index (χ3v) is 4.82. The Morgan fingerprint density at radius 2 is 2.11 bits per heavy atom. The zero-order valence-electron chi connectivity index (χ0n) is 10.0. The fourth-order valence-corrected chi connectivity index (χ4v) is 3.51. The third-order valence-electron chi connectivity index (χ3n) is 2.83. The van der Waals surface area contributed by atoms with Crippen molar-refractivity contribution in [2.45, 2.75) is 11.8 Å². The van der Waals surface area contributed by atoms with Crippen LogP contribution in [0, 0.1) is 6.92 Å². The highest BCUT2D eigenvalue weighted by Gasteiger charge is 2.30. The summed E-state index contributed by atoms with van der Waals surface area (Å²) in [4.78, 5) is 11.4. The minimum absolute atomic E-state index is 0.142. The average molecular weight is 269 g/mol. The van der Waals surface area contributed by atoms with Gasteiger partial charge in [-0.05, 0) is 24.6 Å². The molecule has 0 aliphatic carbocycles. The van der Waals surface area contributed by atoms with Crippen molar-refractivity contribution in [2.24, 2.45) is 0 Å². The van der Waals surface area contributed by atoms with Crippen LogP contribution in [0.15, 0.2) is 23.1 Å². The van der Waals surface area contributed by atoms with Gasteiger partial charge >= 0.3 is 0 Å². The molecule has 1 aromatic rings. The first-order valence-electron chi connectivity index (χ1n) is 5.54. The Labute approximate surface area is 106 Å². The van der Waals surface area contributed by atoms with Gasteiger partial charge in [0.05, 0.1) is 11.4 Å². The van der Waals surface area contributed by atoms with Gasteiger partial charge in [-0.3, -0.25) is 4.79 Å². The second kappa shape index (κ2) is 4.58. The summed E-state index contributed by atoms with van der Waals surface area (Å²) in [5, 5.41) is 2.59. The number of nitrogens with one attached hydrogen (secondary N) is 1. The van der Waals surface area contributed by atoms with E-state index >= 15 is 0 Å². The molecule has 0 spiro atoms. The van der Waals surface area contributed by atoms with Crippen LogP contribution in [-0.4, -0.2) is 38.3 Å². The Balaban J connectivity index is 2.41. The Morgan fingerprint density at radius 3 is 2.78 bits per heavy atom. The van der Waals surface area contributed by atoms with Crippen LogP contribution in [0.4, 0.5) is 5.69 Å². The van der Waals surface area contributed by atoms with Gasteiger partial charge in [0, 0.05) is 18.8 Å². The van der Waals surface area contributed by atoms with Crippen LogP contribution < -0.4 is 11.1 Å². The van der Waals surface area contributed by atoms with Gasteiger partial charge in [-0.25, -0.2) is 8.42 Å². The summed E-state index contributed by atoms with van der Waals surface area (Å²) in [6.45, 7) is 2.18. The van der Waals surface area contributed by atoms with Crippen LogP contribution in [-0.2, 0) is 14.8 Å². The maximum atomic E-state index is 12.4. The predicted octanol–water partition coefficient (Wildman–Crippen LogP) is -0.302. The van der Waals surface area contributed by atoms with E-state index in [9.17, 15) is 13.2 Å². The highest BCUT2D eigenvalue weighted by atomic mass is 32.2. The molecule has 1 saturated heterocycles. The molecular weight excluding hydrogens is 254 g/mol. The lowest BCUT2D eigenvalue weighted by Gasteiger charge is -2.26. The van der Waals surface area contributed by atoms with Gasteiger partial charge in [0.2, 0.25) is 15.9 Å². The Kier molecular flexibility index (Phi) is 3.27. The molecule has 0 aromatic heterocycles. The molecule has 0 atom stereocenters. The lowest BCUT2D eigenvalue weighted by Crippen LogP contribution is -2.49. The summed E-state index contributed by atoms with van der Waals surface area (Å²) in [5.74, 6) is -0.286. The lowest BCUT2D eigenvalue weighted by atomic mass is 10.2. The summed E-state index contributed by atoms with van der Waals surface area (Å²) < 4.78 is 26.0. The molecule has 1 fully saturated rings. The van der Waals surface area contributed by atoms with E-state index < -0.39 is 10.0 Å². The maximum Gasteiger partial charge on any atom is 0.243 e. The number of amides is 1. The molecule has 0 saturated carbocycles. The molecule has 1 aliphatic heterocycles. The summed E-state index contributed by atoms with van der Waals surface area (Å²) >= 11 is 0. The van der Waals surface area contributed by atoms with Gasteiger partial charge in [0.1, 0.15) is 0 Å². The van der Waals surface area contributed by atoms with Crippen molar-refractivity contribution in [3.63, 3.8) is 0 Å². The number of hydrogen-bond donors (Lipinski definition) is 2. The first-order valence-corrected chi connectivity index (χ1v) is 6.98. The third kappa shape index (κ3) is 2.32. The molecule has 1 aliphatic rings. The molecule has 6 nitrogen and oxygen atoms in total. The Hall–Kier alpha value is -1.60. The standard InChI is InChI=1S/C11H15N3O3S/c1-8-2-3-9(12)6-10(8)18(16,17)14-5-4-13-11(15)7-14/h2-3,6H,4-5,7,12H2,1H3,(H,13,15). The van der Waals surface area contributed by atoms with Crippen molar-refractivity contribution in [1.82, 2.24) is 9.62 Å². The number of anilines is 1. The molecule has 0 unspecified atom stereocenters. The van der Waals surface area contributed by atoms with Crippen molar-refractivity contribution in [2.75, 3.05) is 25.4 Å². The van der Waals surface area contributed by atoms with Crippen LogP contribution >= 0.6 is 0 Å². The molecule has 0 bridgehead atoms. The van der Waals surface area contributed by atoms with E-state index in [0.29, 0.717) is 17.8 Å². The number of nitrogen functional groups attached to an aromatic ring is 1. The highest BCUT2D eigenvalue weighted by Crippen LogP contribution is 2.22. The fraction of sp³-hybridized carbons (Fsp3) is 0.364. The van der Waals surface area contributed by atoms with Crippen molar-refractivity contribution in [3.8, 4) is 0 Å². The first-order chi connectivity index (χ1) is 8.41. The zero-order chi connectivity index (χ0) is 13.3. The van der Waals surface area contributed by atoms with Crippen LogP contribution in [0.3, 0.4) is 0 Å². The predicted molar refractivity (Wildman–Crippen MR) is 67.4 cm³/mol. The van der Waals surface area contributed by atoms with Crippen molar-refractivity contribution in [3.05, 3.63) is 23.8 Å². The van der Waals surface area contributed by atoms with E-state index in [1.54, 1.807) is 19.1 Å². The number of nitrogens with zero attached hydrogens (tertiary/aromatic N) is 1. The molecule has 2 rings (SSSR count). The number of rotatable bonds is 2. The SMILES string of the molecule is Cc1ccc(N)cc1S(=O)(=O)N1CCNC(=O)C1. The molecule has 1 amide bonds. The fourth-order valence-electron chi connectivity index (χ4n) is 1.85. The Morgan fingerprint density at radius 1 is 1.39 bits per heavy atom. The smallest absolute Gasteiger partial charge is 0.243 e. The molecule has 1 heterocycles. The van der Waals surface area contributed by atoms with E-state index in [2.05, 4.69) is 5.32 Å². The summed E-state index contributed by atoms with van der Waals surface area (Å²) in [6, 6.07) is 4.74. The van der Waals surface area contributed by atoms with E-state index in [1.807, 2.05) is 0 Å². The molecule has 0 radical (unpaired) electrons. The molecular formula is C11H15N3O3S. The van der Waals surface area contributed by atoms with Gasteiger partial charge in [0.15, 0.2) is 0 Å². The molecule has 18 heavy (non-hydrogen) atoms. The molecule has 1 aromatic carbocycles. The van der Waals surface area contributed by atoms with E-state index in [1.165, 1.54) is 10.4 Å². The van der Waals surface area contributed by atoms with Crippen molar-refractivity contribution in [1.29, 1.82) is 0 Å². The zero-order valence-corrected chi connectivity index (χ0v) is 10.8. The Bertz CT molecular complexity index is 583. The molecule has 3 N–H and O–H groups in total. The number of benzene rings is 1. The molecule has 7 heteroatoms. The van der Waals surface area contributed by atoms with Crippen molar-refractivity contribution < 1.29 is 13.2 Å². The number of sulfonamides is 1. The van der Waals surface area contributed by atoms with Crippen LogP contribution in [0.1, 0.15) is 5.56 Å². The monoisotopic (exact) mass is 269 g/mol. The number of piperazine rings is 1. The van der Waals surface area contributed by atoms with Crippen LogP contribution in [0.2, 0.25) is 0 Å². The van der Waals surface area contributed by atoms with Crippen molar-refractivity contribution >= 4 is 21.6 Å². The first kappa shape index (κ1) is 12.8. The summed E-state index contributed by atoms with van der Waals surface area (Å²) in [5.41, 5.74) is 6.63. The second-order valence-corrected chi connectivity index (χ2v) is 6.12. The van der Waals surface area contributed by atoms with Gasteiger partial charge in [-0.2, -0.15) is 4.31 Å². The van der Waals surface area contributed by atoms with Crippen LogP contribution in [0.5, 0.6) is 0 Å². The lowest BCUT2D eigenvalue weighted by molar-refractivity contribution is -0.122. The highest BCUT2D eigenvalue weighted by molar-refractivity contribution is 7.89. The summed E-state index contributed by atoms with van der Waals surface area (Å²) in [6.07, 6.45) is 0. The number of hydrogen-bond acceptors (Lipinski definition) is 4. The number of carbonyl (C=O) groups excluding carboxylic acids is 1. The number of carbonyl (C=O) groups is 1. The minimum atomic E-state index is -3.66. The average Bonchev–Trinajstić information content (AvgIpc) is 2.32. The minimum Gasteiger partial charge on any atom is -0.399 e. The van der Waals surface area contributed by atoms with Gasteiger partial charge < -0.3 is 11.1 Å². The van der Waals surface area contributed by atoms with E-state index in [4.69, 9.17) is 5.73 Å². The second-order valence-electron chi connectivity index (χ2n) is 4.21. The van der Waals surface area contributed by atoms with E-state index in [-0.39, 0.29) is 23.9 Å². The molecule has 98 valence electrons. The van der Waals surface area contributed by atoms with Gasteiger partial charge in [-0.15, -0.1) is 0 Å². The normalized spacial score (nSPS) is 17.5. The van der Waals surface area contributed by atoms with Crippen LogP contribution in [0.25, 0.3) is 0 Å². The van der Waals surface area contributed by atoms with E-state index in [0.717, 1.165) is 0 Å². The quantitative estimate of drug-likeness (QED) is 0.721. The largest absolute Gasteiger partial charge is 0.399 e. The van der Waals surface area contributed by atoms with Gasteiger partial charge in [-0.1, -0.05) is 6.07 Å².